The number of amides is 1. The molecule has 0 aromatic heterocycles. The first-order valence-corrected chi connectivity index (χ1v) is 8.71. The molecule has 4 nitrogen and oxygen atoms in total. The molecule has 0 unspecified atom stereocenters. The average molecular weight is 354 g/mol. The number of ketones is 1. The van der Waals surface area contributed by atoms with Crippen LogP contribution < -0.4 is 4.74 Å². The Morgan fingerprint density at radius 3 is 2.83 bits per heavy atom. The van der Waals surface area contributed by atoms with Crippen molar-refractivity contribution in [3.05, 3.63) is 40.4 Å². The number of nitrogens with zero attached hydrogens (tertiary/aromatic N) is 1. The zero-order chi connectivity index (χ0) is 17.0. The molecule has 1 aliphatic heterocycles. The van der Waals surface area contributed by atoms with Gasteiger partial charge in [-0.15, -0.1) is 0 Å². The maximum absolute atomic E-state index is 12.1. The van der Waals surface area contributed by atoms with Gasteiger partial charge in [0.1, 0.15) is 12.4 Å². The predicted octanol–water partition coefficient (Wildman–Crippen LogP) is 3.75. The van der Waals surface area contributed by atoms with Gasteiger partial charge in [-0.2, -0.15) is 0 Å². The number of thioether (sulfide) groups is 1. The molecule has 0 spiro atoms. The van der Waals surface area contributed by atoms with Gasteiger partial charge in [-0.05, 0) is 18.2 Å². The van der Waals surface area contributed by atoms with Crippen LogP contribution in [0.4, 0.5) is 0 Å². The first kappa shape index (κ1) is 17.9. The fraction of sp³-hybridized carbons (Fsp3) is 0.412. The second-order valence-corrected chi connectivity index (χ2v) is 7.67. The van der Waals surface area contributed by atoms with Gasteiger partial charge < -0.3 is 9.64 Å². The molecular weight excluding hydrogens is 334 g/mol. The highest BCUT2D eigenvalue weighted by Gasteiger charge is 2.29. The van der Waals surface area contributed by atoms with Crippen LogP contribution in [0.15, 0.2) is 35.4 Å². The molecule has 0 radical (unpaired) electrons. The van der Waals surface area contributed by atoms with Gasteiger partial charge in [0.2, 0.25) is 5.91 Å². The molecule has 1 aliphatic rings. The summed E-state index contributed by atoms with van der Waals surface area (Å²) in [5.74, 6) is 1.03. The van der Waals surface area contributed by atoms with Gasteiger partial charge >= 0.3 is 0 Å². The van der Waals surface area contributed by atoms with E-state index < -0.39 is 5.41 Å². The third-order valence-electron chi connectivity index (χ3n) is 3.28. The number of ether oxygens (including phenoxy) is 1. The van der Waals surface area contributed by atoms with Crippen LogP contribution in [0.5, 0.6) is 5.75 Å². The Balaban J connectivity index is 1.98. The summed E-state index contributed by atoms with van der Waals surface area (Å²) in [5.41, 5.74) is -0.456. The van der Waals surface area contributed by atoms with Gasteiger partial charge in [0.25, 0.3) is 0 Å². The number of rotatable bonds is 5. The van der Waals surface area contributed by atoms with Crippen LogP contribution in [-0.2, 0) is 9.59 Å². The molecule has 1 aromatic rings. The van der Waals surface area contributed by atoms with Gasteiger partial charge in [-0.25, -0.2) is 0 Å². The van der Waals surface area contributed by atoms with Crippen LogP contribution in [0.2, 0.25) is 5.02 Å². The van der Waals surface area contributed by atoms with E-state index in [9.17, 15) is 9.59 Å². The SMILES string of the molecule is CC(C)(C)C(=O)/C=C1\SCC(=O)N1CCOc1cccc(Cl)c1. The highest BCUT2D eigenvalue weighted by Crippen LogP contribution is 2.30. The van der Waals surface area contributed by atoms with E-state index in [4.69, 9.17) is 16.3 Å². The van der Waals surface area contributed by atoms with Gasteiger partial charge in [0.15, 0.2) is 5.78 Å². The van der Waals surface area contributed by atoms with E-state index in [1.807, 2.05) is 32.9 Å². The first-order valence-electron chi connectivity index (χ1n) is 7.35. The number of halogens is 1. The van der Waals surface area contributed by atoms with Crippen molar-refractivity contribution in [3.63, 3.8) is 0 Å². The van der Waals surface area contributed by atoms with Crippen molar-refractivity contribution in [3.8, 4) is 5.75 Å². The highest BCUT2D eigenvalue weighted by molar-refractivity contribution is 8.04. The lowest BCUT2D eigenvalue weighted by Crippen LogP contribution is -2.30. The largest absolute Gasteiger partial charge is 0.492 e. The van der Waals surface area contributed by atoms with Crippen molar-refractivity contribution < 1.29 is 14.3 Å². The number of hydrogen-bond acceptors (Lipinski definition) is 4. The lowest BCUT2D eigenvalue weighted by Gasteiger charge is -2.19. The second kappa shape index (κ2) is 7.41. The Morgan fingerprint density at radius 1 is 1.43 bits per heavy atom. The van der Waals surface area contributed by atoms with E-state index in [0.717, 1.165) is 0 Å². The Kier molecular flexibility index (Phi) is 5.76. The lowest BCUT2D eigenvalue weighted by atomic mass is 9.91. The van der Waals surface area contributed by atoms with Crippen LogP contribution in [0, 0.1) is 5.41 Å². The molecule has 1 amide bonds. The van der Waals surface area contributed by atoms with Crippen molar-refractivity contribution >= 4 is 35.1 Å². The van der Waals surface area contributed by atoms with E-state index in [0.29, 0.717) is 34.7 Å². The van der Waals surface area contributed by atoms with E-state index in [2.05, 4.69) is 0 Å². The Bertz CT molecular complexity index is 637. The first-order chi connectivity index (χ1) is 10.8. The third-order valence-corrected chi connectivity index (χ3v) is 4.54. The topological polar surface area (TPSA) is 46.6 Å². The highest BCUT2D eigenvalue weighted by atomic mass is 35.5. The predicted molar refractivity (Wildman–Crippen MR) is 93.7 cm³/mol. The monoisotopic (exact) mass is 353 g/mol. The average Bonchev–Trinajstić information content (AvgIpc) is 2.79. The number of carbonyl (C=O) groups excluding carboxylic acids is 2. The van der Waals surface area contributed by atoms with E-state index in [-0.39, 0.29) is 11.7 Å². The molecule has 124 valence electrons. The molecule has 23 heavy (non-hydrogen) atoms. The van der Waals surface area contributed by atoms with Crippen LogP contribution >= 0.6 is 23.4 Å². The lowest BCUT2D eigenvalue weighted by molar-refractivity contribution is -0.125. The standard InChI is InChI=1S/C17H20ClNO3S/c1-17(2,3)14(20)10-16-19(15(21)11-23-16)7-8-22-13-6-4-5-12(18)9-13/h4-6,9-10H,7-8,11H2,1-3H3/b16-10-. The second-order valence-electron chi connectivity index (χ2n) is 6.24. The van der Waals surface area contributed by atoms with Crippen LogP contribution in [-0.4, -0.2) is 35.5 Å². The smallest absolute Gasteiger partial charge is 0.237 e. The third kappa shape index (κ3) is 5.01. The molecule has 0 aliphatic carbocycles. The summed E-state index contributed by atoms with van der Waals surface area (Å²) in [6.45, 7) is 6.33. The number of benzene rings is 1. The van der Waals surface area contributed by atoms with Crippen LogP contribution in [0.1, 0.15) is 20.8 Å². The fourth-order valence-corrected chi connectivity index (χ4v) is 3.06. The minimum atomic E-state index is -0.456. The van der Waals surface area contributed by atoms with E-state index in [1.54, 1.807) is 23.1 Å². The normalized spacial score (nSPS) is 17.0. The number of hydrogen-bond donors (Lipinski definition) is 0. The molecule has 0 saturated carbocycles. The summed E-state index contributed by atoms with van der Waals surface area (Å²) in [5, 5.41) is 1.30. The summed E-state index contributed by atoms with van der Waals surface area (Å²) >= 11 is 7.29. The minimum Gasteiger partial charge on any atom is -0.492 e. The van der Waals surface area contributed by atoms with Crippen molar-refractivity contribution in [1.29, 1.82) is 0 Å². The van der Waals surface area contributed by atoms with Gasteiger partial charge in [0, 0.05) is 16.5 Å². The van der Waals surface area contributed by atoms with Crippen molar-refractivity contribution in [2.24, 2.45) is 5.41 Å². The van der Waals surface area contributed by atoms with Crippen LogP contribution in [0.3, 0.4) is 0 Å². The maximum atomic E-state index is 12.1. The molecule has 2 rings (SSSR count). The molecular formula is C17H20ClNO3S. The van der Waals surface area contributed by atoms with Gasteiger partial charge in [0.05, 0.1) is 17.3 Å². The van der Waals surface area contributed by atoms with Crippen LogP contribution in [0.25, 0.3) is 0 Å². The summed E-state index contributed by atoms with van der Waals surface area (Å²) in [6.07, 6.45) is 1.56. The summed E-state index contributed by atoms with van der Waals surface area (Å²) in [6, 6.07) is 7.12. The molecule has 1 saturated heterocycles. The Hall–Kier alpha value is -1.46. The number of allylic oxidation sites excluding steroid dienone is 1. The summed E-state index contributed by atoms with van der Waals surface area (Å²) in [7, 11) is 0. The maximum Gasteiger partial charge on any atom is 0.237 e. The molecule has 1 fully saturated rings. The minimum absolute atomic E-state index is 0.00217. The summed E-state index contributed by atoms with van der Waals surface area (Å²) in [4.78, 5) is 25.7. The van der Waals surface area contributed by atoms with E-state index in [1.165, 1.54) is 11.8 Å². The summed E-state index contributed by atoms with van der Waals surface area (Å²) < 4.78 is 5.62. The van der Waals surface area contributed by atoms with Gasteiger partial charge in [-0.1, -0.05) is 50.2 Å². The molecule has 1 aromatic carbocycles. The zero-order valence-electron chi connectivity index (χ0n) is 13.5. The molecule has 0 N–H and O–H groups in total. The van der Waals surface area contributed by atoms with Gasteiger partial charge in [-0.3, -0.25) is 9.59 Å². The zero-order valence-corrected chi connectivity index (χ0v) is 15.0. The number of carbonyl (C=O) groups is 2. The molecule has 1 heterocycles. The Morgan fingerprint density at radius 2 is 2.17 bits per heavy atom. The quantitative estimate of drug-likeness (QED) is 0.756. The molecule has 6 heteroatoms. The Labute approximate surface area is 145 Å². The van der Waals surface area contributed by atoms with Crippen molar-refractivity contribution in [2.75, 3.05) is 18.9 Å². The van der Waals surface area contributed by atoms with Crippen molar-refractivity contribution in [1.82, 2.24) is 4.90 Å². The van der Waals surface area contributed by atoms with Crippen molar-refractivity contribution in [2.45, 2.75) is 20.8 Å². The van der Waals surface area contributed by atoms with E-state index >= 15 is 0 Å². The molecule has 0 bridgehead atoms. The fourth-order valence-electron chi connectivity index (χ4n) is 1.91. The molecule has 0 atom stereocenters.